The fourth-order valence-electron chi connectivity index (χ4n) is 2.50. The molecule has 31 heavy (non-hydrogen) atoms. The van der Waals surface area contributed by atoms with Gasteiger partial charge in [-0.15, -0.1) is 10.2 Å². The molecule has 0 spiro atoms. The SMILES string of the molecule is O=S(=O)(O)c1cc(O)c2c(N=Nc3ccc(O)cc3O)cc(S(=O)(=O)O)cc2c1.[Na].[Na]. The minimum Gasteiger partial charge on any atom is -0.508 e. The molecule has 0 saturated heterocycles. The summed E-state index contributed by atoms with van der Waals surface area (Å²) in [6.45, 7) is 0. The van der Waals surface area contributed by atoms with Crippen LogP contribution in [0.25, 0.3) is 10.8 Å². The molecule has 154 valence electrons. The molecule has 3 aromatic rings. The third-order valence-corrected chi connectivity index (χ3v) is 5.44. The molecule has 0 aliphatic carbocycles. The molecule has 2 radical (unpaired) electrons. The number of phenolic OH excluding ortho intramolecular Hbond substituents is 3. The van der Waals surface area contributed by atoms with Gasteiger partial charge in [-0.2, -0.15) is 16.8 Å². The molecule has 0 amide bonds. The van der Waals surface area contributed by atoms with Gasteiger partial charge in [-0.05, 0) is 35.7 Å². The number of azo groups is 1. The smallest absolute Gasteiger partial charge is 0.294 e. The van der Waals surface area contributed by atoms with Crippen molar-refractivity contribution >= 4 is 101 Å². The Morgan fingerprint density at radius 3 is 1.68 bits per heavy atom. The summed E-state index contributed by atoms with van der Waals surface area (Å²) in [6, 6.07) is 6.73. The Bertz CT molecular complexity index is 1390. The zero-order valence-corrected chi connectivity index (χ0v) is 21.8. The number of aromatic hydroxyl groups is 3. The van der Waals surface area contributed by atoms with Crippen LogP contribution >= 0.6 is 0 Å². The van der Waals surface area contributed by atoms with Gasteiger partial charge < -0.3 is 15.3 Å². The maximum Gasteiger partial charge on any atom is 0.294 e. The van der Waals surface area contributed by atoms with E-state index in [4.69, 9.17) is 0 Å². The van der Waals surface area contributed by atoms with Gasteiger partial charge in [-0.3, -0.25) is 9.11 Å². The zero-order chi connectivity index (χ0) is 21.6. The van der Waals surface area contributed by atoms with E-state index in [9.17, 15) is 41.3 Å². The van der Waals surface area contributed by atoms with Crippen LogP contribution in [0.3, 0.4) is 0 Å². The first-order chi connectivity index (χ1) is 13.4. The van der Waals surface area contributed by atoms with E-state index in [0.717, 1.165) is 30.3 Å². The Kier molecular flexibility index (Phi) is 9.07. The van der Waals surface area contributed by atoms with Gasteiger partial charge in [0.1, 0.15) is 22.9 Å². The predicted molar refractivity (Wildman–Crippen MR) is 111 cm³/mol. The first kappa shape index (κ1) is 27.8. The number of hydrogen-bond acceptors (Lipinski definition) is 9. The van der Waals surface area contributed by atoms with E-state index in [2.05, 4.69) is 10.2 Å². The van der Waals surface area contributed by atoms with Gasteiger partial charge in [0.2, 0.25) is 0 Å². The average molecular weight is 486 g/mol. The van der Waals surface area contributed by atoms with Crippen LogP contribution in [-0.4, -0.2) is 100 Å². The van der Waals surface area contributed by atoms with Crippen LogP contribution in [0.2, 0.25) is 0 Å². The normalized spacial score (nSPS) is 11.8. The van der Waals surface area contributed by atoms with E-state index >= 15 is 0 Å². The summed E-state index contributed by atoms with van der Waals surface area (Å²) < 4.78 is 64.3. The van der Waals surface area contributed by atoms with Crippen molar-refractivity contribution in [3.05, 3.63) is 42.5 Å². The molecular weight excluding hydrogens is 474 g/mol. The third-order valence-electron chi connectivity index (χ3n) is 3.77. The second-order valence-electron chi connectivity index (χ2n) is 5.81. The van der Waals surface area contributed by atoms with Crippen LogP contribution in [0.1, 0.15) is 0 Å². The Labute approximate surface area is 220 Å². The zero-order valence-electron chi connectivity index (χ0n) is 16.1. The molecule has 11 nitrogen and oxygen atoms in total. The van der Waals surface area contributed by atoms with Crippen LogP contribution in [0.5, 0.6) is 17.2 Å². The van der Waals surface area contributed by atoms with Crippen molar-refractivity contribution in [2.75, 3.05) is 0 Å². The van der Waals surface area contributed by atoms with Crippen LogP contribution in [-0.2, 0) is 20.2 Å². The predicted octanol–water partition coefficient (Wildman–Crippen LogP) is 2.10. The van der Waals surface area contributed by atoms with Gasteiger partial charge in [-0.25, -0.2) is 0 Å². The fraction of sp³-hybridized carbons (Fsp3) is 0. The first-order valence-corrected chi connectivity index (χ1v) is 10.4. The molecule has 0 aliphatic rings. The van der Waals surface area contributed by atoms with Crippen molar-refractivity contribution in [2.24, 2.45) is 10.2 Å². The number of fused-ring (bicyclic) bond motifs is 1. The molecule has 0 unspecified atom stereocenters. The maximum atomic E-state index is 11.5. The summed E-state index contributed by atoms with van der Waals surface area (Å²) >= 11 is 0. The minimum absolute atomic E-state index is 0. The van der Waals surface area contributed by atoms with Crippen LogP contribution in [0.4, 0.5) is 11.4 Å². The number of nitrogens with zero attached hydrogens (tertiary/aromatic N) is 2. The summed E-state index contributed by atoms with van der Waals surface area (Å²) in [5.41, 5.74) is -0.399. The van der Waals surface area contributed by atoms with Gasteiger partial charge >= 0.3 is 0 Å². The molecule has 0 heterocycles. The van der Waals surface area contributed by atoms with Crippen molar-refractivity contribution in [2.45, 2.75) is 9.79 Å². The number of benzene rings is 3. The quantitative estimate of drug-likeness (QED) is 0.208. The van der Waals surface area contributed by atoms with E-state index in [1.54, 1.807) is 0 Å². The molecule has 0 aliphatic heterocycles. The summed E-state index contributed by atoms with van der Waals surface area (Å²) in [4.78, 5) is -1.39. The summed E-state index contributed by atoms with van der Waals surface area (Å²) in [5, 5.41) is 36.4. The first-order valence-electron chi connectivity index (χ1n) is 7.56. The largest absolute Gasteiger partial charge is 0.508 e. The molecule has 0 aromatic heterocycles. The maximum absolute atomic E-state index is 11.5. The standard InChI is InChI=1S/C16H12N2O9S2.2Na/c19-9-1-2-12(14(20)5-9)17-18-13-6-10(28(22,23)24)3-8-4-11(29(25,26)27)7-15(21)16(8)13;;/h1-7,19-21H,(H,22,23,24)(H,25,26,27);;. The second kappa shape index (κ2) is 10.1. The summed E-state index contributed by atoms with van der Waals surface area (Å²) in [7, 11) is -9.48. The van der Waals surface area contributed by atoms with Crippen molar-refractivity contribution in [1.29, 1.82) is 0 Å². The van der Waals surface area contributed by atoms with E-state index in [1.807, 2.05) is 0 Å². The summed E-state index contributed by atoms with van der Waals surface area (Å²) in [6.07, 6.45) is 0. The average Bonchev–Trinajstić information content (AvgIpc) is 2.58. The van der Waals surface area contributed by atoms with Crippen LogP contribution < -0.4 is 0 Å². The molecule has 0 atom stereocenters. The number of rotatable bonds is 4. The third kappa shape index (κ3) is 6.38. The molecule has 3 aromatic carbocycles. The van der Waals surface area contributed by atoms with E-state index in [1.165, 1.54) is 12.1 Å². The van der Waals surface area contributed by atoms with Crippen LogP contribution in [0.15, 0.2) is 62.5 Å². The Hall–Kier alpha value is -1.26. The van der Waals surface area contributed by atoms with Crippen molar-refractivity contribution in [3.8, 4) is 17.2 Å². The molecule has 15 heteroatoms. The van der Waals surface area contributed by atoms with E-state index in [-0.39, 0.29) is 87.0 Å². The molecule has 0 fully saturated rings. The van der Waals surface area contributed by atoms with Crippen molar-refractivity contribution in [1.82, 2.24) is 0 Å². The Balaban J connectivity index is 0.00000240. The topological polar surface area (TPSA) is 194 Å². The number of hydrogen-bond donors (Lipinski definition) is 5. The van der Waals surface area contributed by atoms with Gasteiger partial charge in [-0.1, -0.05) is 0 Å². The minimum atomic E-state index is -4.75. The molecule has 0 bridgehead atoms. The Morgan fingerprint density at radius 1 is 0.645 bits per heavy atom. The molecule has 3 rings (SSSR count). The van der Waals surface area contributed by atoms with Gasteiger partial charge in [0.05, 0.1) is 20.9 Å². The van der Waals surface area contributed by atoms with Crippen LogP contribution in [0, 0.1) is 0 Å². The van der Waals surface area contributed by atoms with Gasteiger partial charge in [0.15, 0.2) is 0 Å². The number of phenols is 3. The van der Waals surface area contributed by atoms with Crippen molar-refractivity contribution in [3.63, 3.8) is 0 Å². The van der Waals surface area contributed by atoms with Crippen molar-refractivity contribution < 1.29 is 41.3 Å². The molecular formula is C16H12N2Na2O9S2. The van der Waals surface area contributed by atoms with E-state index in [0.29, 0.717) is 0 Å². The second-order valence-corrected chi connectivity index (χ2v) is 8.65. The molecule has 0 saturated carbocycles. The van der Waals surface area contributed by atoms with Gasteiger partial charge in [0, 0.05) is 71.2 Å². The fourth-order valence-corrected chi connectivity index (χ4v) is 3.57. The summed E-state index contributed by atoms with van der Waals surface area (Å²) in [5.74, 6) is -1.35. The molecule has 5 N–H and O–H groups in total. The monoisotopic (exact) mass is 486 g/mol. The van der Waals surface area contributed by atoms with Gasteiger partial charge in [0.25, 0.3) is 20.2 Å². The van der Waals surface area contributed by atoms with E-state index < -0.39 is 41.5 Å². The Morgan fingerprint density at radius 2 is 1.16 bits per heavy atom.